The van der Waals surface area contributed by atoms with E-state index in [0.717, 1.165) is 17.0 Å². The van der Waals surface area contributed by atoms with E-state index in [-0.39, 0.29) is 11.8 Å². The first-order chi connectivity index (χ1) is 13.0. The van der Waals surface area contributed by atoms with Crippen molar-refractivity contribution in [3.63, 3.8) is 0 Å². The zero-order chi connectivity index (χ0) is 19.4. The highest BCUT2D eigenvalue weighted by Crippen LogP contribution is 2.17. The number of rotatable bonds is 6. The first kappa shape index (κ1) is 18.9. The number of ether oxygens (including phenoxy) is 1. The molecule has 0 radical (unpaired) electrons. The SMILES string of the molecule is COc1ccc(CC(=O)N2CCn3nc(C(=O)NCC(C)C)cc3C2)cc1. The van der Waals surface area contributed by atoms with Crippen LogP contribution >= 0.6 is 0 Å². The van der Waals surface area contributed by atoms with E-state index in [2.05, 4.69) is 10.4 Å². The lowest BCUT2D eigenvalue weighted by Gasteiger charge is -2.27. The second-order valence-electron chi connectivity index (χ2n) is 7.19. The van der Waals surface area contributed by atoms with Gasteiger partial charge in [0.05, 0.1) is 32.3 Å². The number of amides is 2. The van der Waals surface area contributed by atoms with Crippen molar-refractivity contribution in [2.75, 3.05) is 20.2 Å². The number of nitrogens with one attached hydrogen (secondary N) is 1. The fourth-order valence-electron chi connectivity index (χ4n) is 3.01. The maximum atomic E-state index is 12.6. The zero-order valence-electron chi connectivity index (χ0n) is 16.1. The third-order valence-electron chi connectivity index (χ3n) is 4.57. The minimum atomic E-state index is -0.165. The Morgan fingerprint density at radius 2 is 1.96 bits per heavy atom. The highest BCUT2D eigenvalue weighted by atomic mass is 16.5. The predicted molar refractivity (Wildman–Crippen MR) is 102 cm³/mol. The Balaban J connectivity index is 1.61. The van der Waals surface area contributed by atoms with E-state index >= 15 is 0 Å². The van der Waals surface area contributed by atoms with Crippen LogP contribution in [0.15, 0.2) is 30.3 Å². The summed E-state index contributed by atoms with van der Waals surface area (Å²) >= 11 is 0. The summed E-state index contributed by atoms with van der Waals surface area (Å²) in [6.07, 6.45) is 0.347. The smallest absolute Gasteiger partial charge is 0.271 e. The molecule has 1 aromatic heterocycles. The van der Waals surface area contributed by atoms with Gasteiger partial charge in [0, 0.05) is 13.1 Å². The normalized spacial score (nSPS) is 13.4. The van der Waals surface area contributed by atoms with Crippen LogP contribution in [-0.4, -0.2) is 46.7 Å². The molecule has 144 valence electrons. The molecular formula is C20H26N4O3. The van der Waals surface area contributed by atoms with Gasteiger partial charge in [-0.1, -0.05) is 26.0 Å². The largest absolute Gasteiger partial charge is 0.497 e. The summed E-state index contributed by atoms with van der Waals surface area (Å²) in [5, 5.41) is 7.26. The number of hydrogen-bond donors (Lipinski definition) is 1. The number of methoxy groups -OCH3 is 1. The number of fused-ring (bicyclic) bond motifs is 1. The Morgan fingerprint density at radius 3 is 2.63 bits per heavy atom. The van der Waals surface area contributed by atoms with Crippen LogP contribution in [0.2, 0.25) is 0 Å². The number of carbonyl (C=O) groups is 2. The Kier molecular flexibility index (Phi) is 5.78. The Bertz CT molecular complexity index is 811. The van der Waals surface area contributed by atoms with E-state index < -0.39 is 0 Å². The molecule has 2 heterocycles. The van der Waals surface area contributed by atoms with Crippen LogP contribution in [0.1, 0.15) is 35.6 Å². The molecule has 0 fully saturated rings. The number of benzene rings is 1. The molecule has 2 amide bonds. The molecule has 7 nitrogen and oxygen atoms in total. The average molecular weight is 370 g/mol. The van der Waals surface area contributed by atoms with E-state index in [4.69, 9.17) is 4.74 Å². The Labute approximate surface area is 159 Å². The molecule has 1 aromatic carbocycles. The van der Waals surface area contributed by atoms with Crippen LogP contribution in [0.5, 0.6) is 5.75 Å². The van der Waals surface area contributed by atoms with Crippen molar-refractivity contribution in [2.24, 2.45) is 5.92 Å². The van der Waals surface area contributed by atoms with Crippen molar-refractivity contribution >= 4 is 11.8 Å². The molecule has 7 heteroatoms. The lowest BCUT2D eigenvalue weighted by atomic mass is 10.1. The van der Waals surface area contributed by atoms with Crippen molar-refractivity contribution in [2.45, 2.75) is 33.4 Å². The summed E-state index contributed by atoms with van der Waals surface area (Å²) in [5.41, 5.74) is 2.25. The van der Waals surface area contributed by atoms with Crippen molar-refractivity contribution in [1.29, 1.82) is 0 Å². The van der Waals surface area contributed by atoms with Crippen LogP contribution in [-0.2, 0) is 24.3 Å². The highest BCUT2D eigenvalue weighted by Gasteiger charge is 2.24. The van der Waals surface area contributed by atoms with Crippen LogP contribution in [0.3, 0.4) is 0 Å². The molecule has 1 aliphatic rings. The number of hydrogen-bond acceptors (Lipinski definition) is 4. The molecule has 0 bridgehead atoms. The molecule has 1 aliphatic heterocycles. The molecule has 3 rings (SSSR count). The third kappa shape index (κ3) is 4.67. The minimum absolute atomic E-state index is 0.0680. The van der Waals surface area contributed by atoms with E-state index in [1.165, 1.54) is 0 Å². The van der Waals surface area contributed by atoms with Gasteiger partial charge in [-0.3, -0.25) is 14.3 Å². The monoisotopic (exact) mass is 370 g/mol. The fraction of sp³-hybridized carbons (Fsp3) is 0.450. The summed E-state index contributed by atoms with van der Waals surface area (Å²) in [6.45, 7) is 6.38. The number of aromatic nitrogens is 2. The molecule has 0 atom stereocenters. The highest BCUT2D eigenvalue weighted by molar-refractivity contribution is 5.92. The van der Waals surface area contributed by atoms with Gasteiger partial charge in [-0.25, -0.2) is 0 Å². The summed E-state index contributed by atoms with van der Waals surface area (Å²) in [7, 11) is 1.62. The lowest BCUT2D eigenvalue weighted by molar-refractivity contribution is -0.132. The summed E-state index contributed by atoms with van der Waals surface area (Å²) in [6, 6.07) is 9.30. The van der Waals surface area contributed by atoms with Gasteiger partial charge in [-0.15, -0.1) is 0 Å². The average Bonchev–Trinajstić information content (AvgIpc) is 3.10. The van der Waals surface area contributed by atoms with Crippen molar-refractivity contribution in [3.8, 4) is 5.75 Å². The Morgan fingerprint density at radius 1 is 1.22 bits per heavy atom. The van der Waals surface area contributed by atoms with Gasteiger partial charge in [0.2, 0.25) is 5.91 Å². The standard InChI is InChI=1S/C20H26N4O3/c1-14(2)12-21-20(26)18-11-16-13-23(8-9-24(16)22-18)19(25)10-15-4-6-17(27-3)7-5-15/h4-7,11,14H,8-10,12-13H2,1-3H3,(H,21,26). The fourth-order valence-corrected chi connectivity index (χ4v) is 3.01. The van der Waals surface area contributed by atoms with E-state index in [1.807, 2.05) is 47.7 Å². The Hall–Kier alpha value is -2.83. The quantitative estimate of drug-likeness (QED) is 0.842. The molecule has 0 spiro atoms. The second kappa shape index (κ2) is 8.24. The van der Waals surface area contributed by atoms with Gasteiger partial charge in [-0.05, 0) is 29.7 Å². The van der Waals surface area contributed by atoms with Crippen molar-refractivity contribution in [3.05, 3.63) is 47.3 Å². The first-order valence-electron chi connectivity index (χ1n) is 9.22. The van der Waals surface area contributed by atoms with E-state index in [0.29, 0.717) is 44.2 Å². The van der Waals surface area contributed by atoms with Crippen LogP contribution in [0.4, 0.5) is 0 Å². The van der Waals surface area contributed by atoms with Crippen LogP contribution in [0, 0.1) is 5.92 Å². The van der Waals surface area contributed by atoms with Gasteiger partial charge in [-0.2, -0.15) is 5.10 Å². The minimum Gasteiger partial charge on any atom is -0.497 e. The van der Waals surface area contributed by atoms with E-state index in [1.54, 1.807) is 13.2 Å². The zero-order valence-corrected chi connectivity index (χ0v) is 16.1. The van der Waals surface area contributed by atoms with E-state index in [9.17, 15) is 9.59 Å². The van der Waals surface area contributed by atoms with Gasteiger partial charge >= 0.3 is 0 Å². The van der Waals surface area contributed by atoms with Crippen LogP contribution in [0.25, 0.3) is 0 Å². The maximum absolute atomic E-state index is 12.6. The van der Waals surface area contributed by atoms with Gasteiger partial charge in [0.25, 0.3) is 5.91 Å². The molecule has 0 unspecified atom stereocenters. The number of nitrogens with zero attached hydrogens (tertiary/aromatic N) is 3. The maximum Gasteiger partial charge on any atom is 0.271 e. The molecular weight excluding hydrogens is 344 g/mol. The number of carbonyl (C=O) groups excluding carboxylic acids is 2. The molecule has 0 saturated carbocycles. The van der Waals surface area contributed by atoms with Gasteiger partial charge in [0.15, 0.2) is 5.69 Å². The molecule has 0 saturated heterocycles. The second-order valence-corrected chi connectivity index (χ2v) is 7.19. The van der Waals surface area contributed by atoms with Crippen molar-refractivity contribution < 1.29 is 14.3 Å². The van der Waals surface area contributed by atoms with Crippen LogP contribution < -0.4 is 10.1 Å². The lowest BCUT2D eigenvalue weighted by Crippen LogP contribution is -2.39. The topological polar surface area (TPSA) is 76.5 Å². The first-order valence-corrected chi connectivity index (χ1v) is 9.22. The predicted octanol–water partition coefficient (Wildman–Crippen LogP) is 1.86. The van der Waals surface area contributed by atoms with Gasteiger partial charge in [0.1, 0.15) is 5.75 Å². The summed E-state index contributed by atoms with van der Waals surface area (Å²) in [4.78, 5) is 26.7. The van der Waals surface area contributed by atoms with Gasteiger partial charge < -0.3 is 15.0 Å². The summed E-state index contributed by atoms with van der Waals surface area (Å²) < 4.78 is 6.96. The molecule has 2 aromatic rings. The molecule has 1 N–H and O–H groups in total. The molecule has 0 aliphatic carbocycles. The molecule has 27 heavy (non-hydrogen) atoms. The third-order valence-corrected chi connectivity index (χ3v) is 4.57. The van der Waals surface area contributed by atoms with Crippen molar-refractivity contribution in [1.82, 2.24) is 20.0 Å². The summed E-state index contributed by atoms with van der Waals surface area (Å²) in [5.74, 6) is 1.06.